The van der Waals surface area contributed by atoms with Gasteiger partial charge in [0.15, 0.2) is 0 Å². The van der Waals surface area contributed by atoms with Crippen LogP contribution in [0, 0.1) is 11.3 Å². The van der Waals surface area contributed by atoms with Crippen LogP contribution in [0.1, 0.15) is 5.56 Å². The van der Waals surface area contributed by atoms with Gasteiger partial charge in [0.2, 0.25) is 5.95 Å². The van der Waals surface area contributed by atoms with Crippen LogP contribution in [0.4, 0.5) is 11.8 Å². The molecular formula is C10H7N5. The highest BCUT2D eigenvalue weighted by Gasteiger charge is 1.97. The minimum Gasteiger partial charge on any atom is -0.309 e. The van der Waals surface area contributed by atoms with Crippen LogP contribution in [-0.4, -0.2) is 15.0 Å². The Morgan fingerprint density at radius 2 is 1.93 bits per heavy atom. The van der Waals surface area contributed by atoms with Crippen molar-refractivity contribution >= 4 is 11.8 Å². The predicted octanol–water partition coefficient (Wildman–Crippen LogP) is 1.49. The molecule has 2 aromatic heterocycles. The summed E-state index contributed by atoms with van der Waals surface area (Å²) in [5.74, 6) is 1.09. The minimum absolute atomic E-state index is 0.481. The van der Waals surface area contributed by atoms with Crippen molar-refractivity contribution in [3.05, 3.63) is 42.4 Å². The van der Waals surface area contributed by atoms with Crippen molar-refractivity contribution in [3.8, 4) is 6.07 Å². The maximum Gasteiger partial charge on any atom is 0.228 e. The average Bonchev–Trinajstić information content (AvgIpc) is 2.31. The summed E-state index contributed by atoms with van der Waals surface area (Å²) in [6.45, 7) is 0. The van der Waals surface area contributed by atoms with Crippen LogP contribution in [0.15, 0.2) is 36.8 Å². The molecule has 1 N–H and O–H groups in total. The summed E-state index contributed by atoms with van der Waals surface area (Å²) < 4.78 is 0. The number of nitriles is 1. The van der Waals surface area contributed by atoms with Crippen LogP contribution in [0.5, 0.6) is 0 Å². The zero-order valence-corrected chi connectivity index (χ0v) is 7.75. The van der Waals surface area contributed by atoms with Crippen molar-refractivity contribution in [1.29, 1.82) is 5.26 Å². The molecule has 5 heteroatoms. The predicted molar refractivity (Wildman–Crippen MR) is 54.3 cm³/mol. The van der Waals surface area contributed by atoms with Gasteiger partial charge in [-0.05, 0) is 18.2 Å². The Kier molecular flexibility index (Phi) is 2.52. The summed E-state index contributed by atoms with van der Waals surface area (Å²) >= 11 is 0. The first kappa shape index (κ1) is 9.09. The molecule has 0 saturated heterocycles. The third-order valence-electron chi connectivity index (χ3n) is 1.70. The van der Waals surface area contributed by atoms with Crippen LogP contribution >= 0.6 is 0 Å². The van der Waals surface area contributed by atoms with Crippen molar-refractivity contribution < 1.29 is 0 Å². The van der Waals surface area contributed by atoms with Gasteiger partial charge in [0.25, 0.3) is 0 Å². The number of aromatic nitrogens is 3. The third-order valence-corrected chi connectivity index (χ3v) is 1.70. The second-order valence-electron chi connectivity index (χ2n) is 2.74. The Morgan fingerprint density at radius 1 is 1.13 bits per heavy atom. The number of hydrogen-bond acceptors (Lipinski definition) is 5. The highest BCUT2D eigenvalue weighted by molar-refractivity contribution is 5.48. The molecule has 0 aliphatic rings. The van der Waals surface area contributed by atoms with E-state index in [-0.39, 0.29) is 0 Å². The van der Waals surface area contributed by atoms with E-state index in [4.69, 9.17) is 5.26 Å². The number of pyridine rings is 1. The van der Waals surface area contributed by atoms with Gasteiger partial charge in [-0.3, -0.25) is 0 Å². The maximum atomic E-state index is 8.58. The summed E-state index contributed by atoms with van der Waals surface area (Å²) in [5.41, 5.74) is 0.523. The zero-order chi connectivity index (χ0) is 10.5. The second kappa shape index (κ2) is 4.15. The smallest absolute Gasteiger partial charge is 0.228 e. The van der Waals surface area contributed by atoms with Crippen molar-refractivity contribution in [2.75, 3.05) is 5.32 Å². The van der Waals surface area contributed by atoms with Crippen LogP contribution in [0.2, 0.25) is 0 Å². The first-order valence-electron chi connectivity index (χ1n) is 4.29. The maximum absolute atomic E-state index is 8.58. The molecule has 0 saturated carbocycles. The largest absolute Gasteiger partial charge is 0.309 e. The Bertz CT molecular complexity index is 471. The van der Waals surface area contributed by atoms with Crippen LogP contribution in [0.3, 0.4) is 0 Å². The lowest BCUT2D eigenvalue weighted by Crippen LogP contribution is -1.97. The van der Waals surface area contributed by atoms with E-state index in [9.17, 15) is 0 Å². The fourth-order valence-corrected chi connectivity index (χ4v) is 1.01. The highest BCUT2D eigenvalue weighted by Crippen LogP contribution is 2.08. The van der Waals surface area contributed by atoms with E-state index < -0.39 is 0 Å². The number of nitrogens with zero attached hydrogens (tertiary/aromatic N) is 4. The monoisotopic (exact) mass is 197 g/mol. The molecule has 0 spiro atoms. The van der Waals surface area contributed by atoms with Gasteiger partial charge in [-0.25, -0.2) is 15.0 Å². The lowest BCUT2D eigenvalue weighted by atomic mass is 10.3. The van der Waals surface area contributed by atoms with E-state index in [1.165, 1.54) is 6.20 Å². The molecule has 0 aliphatic carbocycles. The van der Waals surface area contributed by atoms with Gasteiger partial charge in [0.05, 0.1) is 5.56 Å². The van der Waals surface area contributed by atoms with Crippen molar-refractivity contribution in [2.24, 2.45) is 0 Å². The van der Waals surface area contributed by atoms with Gasteiger partial charge in [0, 0.05) is 18.6 Å². The number of nitrogens with one attached hydrogen (secondary N) is 1. The number of hydrogen-bond donors (Lipinski definition) is 1. The topological polar surface area (TPSA) is 74.5 Å². The van der Waals surface area contributed by atoms with E-state index >= 15 is 0 Å². The second-order valence-corrected chi connectivity index (χ2v) is 2.74. The van der Waals surface area contributed by atoms with Gasteiger partial charge in [-0.15, -0.1) is 0 Å². The van der Waals surface area contributed by atoms with Crippen LogP contribution < -0.4 is 5.32 Å². The van der Waals surface area contributed by atoms with Gasteiger partial charge >= 0.3 is 0 Å². The Labute approximate surface area is 86.5 Å². The van der Waals surface area contributed by atoms with Gasteiger partial charge in [-0.1, -0.05) is 0 Å². The fourth-order valence-electron chi connectivity index (χ4n) is 1.01. The fraction of sp³-hybridized carbons (Fsp3) is 0. The molecule has 15 heavy (non-hydrogen) atoms. The normalized spacial score (nSPS) is 9.27. The van der Waals surface area contributed by atoms with Gasteiger partial charge in [0.1, 0.15) is 11.9 Å². The highest BCUT2D eigenvalue weighted by atomic mass is 15.1. The molecule has 0 aliphatic heterocycles. The summed E-state index contributed by atoms with van der Waals surface area (Å²) in [5, 5.41) is 11.5. The molecule has 72 valence electrons. The lowest BCUT2D eigenvalue weighted by Gasteiger charge is -2.01. The molecule has 0 unspecified atom stereocenters. The summed E-state index contributed by atoms with van der Waals surface area (Å²) in [4.78, 5) is 12.0. The average molecular weight is 197 g/mol. The number of rotatable bonds is 2. The molecule has 0 aromatic carbocycles. The SMILES string of the molecule is N#Cc1ccc(Nc2ncccn2)nc1. The Morgan fingerprint density at radius 3 is 2.53 bits per heavy atom. The first-order valence-corrected chi connectivity index (χ1v) is 4.29. The van der Waals surface area contributed by atoms with E-state index in [0.717, 1.165) is 0 Å². The van der Waals surface area contributed by atoms with Crippen molar-refractivity contribution in [1.82, 2.24) is 15.0 Å². The van der Waals surface area contributed by atoms with Crippen molar-refractivity contribution in [3.63, 3.8) is 0 Å². The summed E-state index contributed by atoms with van der Waals surface area (Å²) in [7, 11) is 0. The summed E-state index contributed by atoms with van der Waals surface area (Å²) in [6, 6.07) is 7.11. The zero-order valence-electron chi connectivity index (χ0n) is 7.75. The van der Waals surface area contributed by atoms with E-state index in [2.05, 4.69) is 20.3 Å². The molecular weight excluding hydrogens is 190 g/mol. The van der Waals surface area contributed by atoms with E-state index in [1.807, 2.05) is 6.07 Å². The number of anilines is 2. The first-order chi connectivity index (χ1) is 7.38. The molecule has 2 aromatic rings. The molecule has 5 nitrogen and oxygen atoms in total. The third kappa shape index (κ3) is 2.25. The van der Waals surface area contributed by atoms with Crippen LogP contribution in [-0.2, 0) is 0 Å². The van der Waals surface area contributed by atoms with Crippen molar-refractivity contribution in [2.45, 2.75) is 0 Å². The molecule has 2 heterocycles. The van der Waals surface area contributed by atoms with Crippen LogP contribution in [0.25, 0.3) is 0 Å². The lowest BCUT2D eigenvalue weighted by molar-refractivity contribution is 1.15. The van der Waals surface area contributed by atoms with Gasteiger partial charge < -0.3 is 5.32 Å². The Hall–Kier alpha value is -2.48. The molecule has 0 bridgehead atoms. The van der Waals surface area contributed by atoms with E-state index in [1.54, 1.807) is 30.6 Å². The molecule has 0 atom stereocenters. The standard InChI is InChI=1S/C10H7N5/c11-6-8-2-3-9(14-7-8)15-10-12-4-1-5-13-10/h1-5,7H,(H,12,13,14,15). The Balaban J connectivity index is 2.16. The molecule has 0 amide bonds. The molecule has 0 fully saturated rings. The van der Waals surface area contributed by atoms with E-state index in [0.29, 0.717) is 17.3 Å². The van der Waals surface area contributed by atoms with Gasteiger partial charge in [-0.2, -0.15) is 5.26 Å². The summed E-state index contributed by atoms with van der Waals surface area (Å²) in [6.07, 6.45) is 4.77. The molecule has 2 rings (SSSR count). The quantitative estimate of drug-likeness (QED) is 0.789. The molecule has 0 radical (unpaired) electrons. The minimum atomic E-state index is 0.481.